The van der Waals surface area contributed by atoms with E-state index in [1.54, 1.807) is 25.2 Å². The van der Waals surface area contributed by atoms with E-state index in [1.165, 1.54) is 0 Å². The molecule has 1 aromatic heterocycles. The highest BCUT2D eigenvalue weighted by molar-refractivity contribution is 9.10. The molecule has 0 spiro atoms. The van der Waals surface area contributed by atoms with Crippen LogP contribution in [0.4, 0.5) is 0 Å². The summed E-state index contributed by atoms with van der Waals surface area (Å²) in [6.45, 7) is 1.57. The summed E-state index contributed by atoms with van der Waals surface area (Å²) >= 11 is 5.01. The number of benzene rings is 1. The predicted octanol–water partition coefficient (Wildman–Crippen LogP) is 3.83. The Balaban J connectivity index is 1.72. The lowest BCUT2D eigenvalue weighted by atomic mass is 10.1. The minimum atomic E-state index is 0.180. The van der Waals surface area contributed by atoms with Gasteiger partial charge in [-0.15, -0.1) is 10.2 Å². The quantitative estimate of drug-likeness (QED) is 0.346. The number of aryl methyl sites for hydroxylation is 1. The van der Waals surface area contributed by atoms with Gasteiger partial charge in [-0.1, -0.05) is 39.8 Å². The fraction of sp³-hybridized carbons (Fsp3) is 0.438. The average molecular weight is 398 g/mol. The number of nitrogens with zero attached hydrogens (tertiary/aromatic N) is 3. The van der Waals surface area contributed by atoms with Gasteiger partial charge in [0.1, 0.15) is 6.33 Å². The molecule has 0 atom stereocenters. The van der Waals surface area contributed by atoms with Crippen LogP contribution in [-0.4, -0.2) is 40.0 Å². The number of ether oxygens (including phenoxy) is 1. The van der Waals surface area contributed by atoms with E-state index in [0.717, 1.165) is 46.9 Å². The number of Topliss-reactive ketones (excluding diaryl/α,β-unsaturated/α-hetero) is 1. The summed E-state index contributed by atoms with van der Waals surface area (Å²) in [6, 6.07) is 7.49. The van der Waals surface area contributed by atoms with Crippen LogP contribution in [0, 0.1) is 0 Å². The van der Waals surface area contributed by atoms with E-state index in [4.69, 9.17) is 4.74 Å². The van der Waals surface area contributed by atoms with Crippen LogP contribution in [0.1, 0.15) is 29.6 Å². The van der Waals surface area contributed by atoms with Crippen LogP contribution in [-0.2, 0) is 11.3 Å². The van der Waals surface area contributed by atoms with Crippen molar-refractivity contribution >= 4 is 33.5 Å². The van der Waals surface area contributed by atoms with Crippen molar-refractivity contribution in [2.24, 2.45) is 0 Å². The lowest BCUT2D eigenvalue weighted by Gasteiger charge is -2.05. The van der Waals surface area contributed by atoms with Crippen molar-refractivity contribution in [3.63, 3.8) is 0 Å². The molecule has 0 aliphatic heterocycles. The molecular weight excluding hydrogens is 378 g/mol. The first-order chi connectivity index (χ1) is 11.2. The van der Waals surface area contributed by atoms with Gasteiger partial charge in [-0.3, -0.25) is 4.79 Å². The highest BCUT2D eigenvalue weighted by Crippen LogP contribution is 2.18. The van der Waals surface area contributed by atoms with E-state index in [9.17, 15) is 4.79 Å². The third kappa shape index (κ3) is 6.08. The normalized spacial score (nSPS) is 10.9. The molecule has 0 radical (unpaired) electrons. The average Bonchev–Trinajstić information content (AvgIpc) is 3.00. The fourth-order valence-corrected chi connectivity index (χ4v) is 3.21. The van der Waals surface area contributed by atoms with Crippen molar-refractivity contribution in [3.05, 3.63) is 40.6 Å². The number of carbonyl (C=O) groups is 1. The first-order valence-electron chi connectivity index (χ1n) is 7.49. The van der Waals surface area contributed by atoms with E-state index in [-0.39, 0.29) is 5.78 Å². The van der Waals surface area contributed by atoms with Gasteiger partial charge in [0.25, 0.3) is 0 Å². The van der Waals surface area contributed by atoms with E-state index in [2.05, 4.69) is 26.1 Å². The van der Waals surface area contributed by atoms with E-state index >= 15 is 0 Å². The Kier molecular flexibility index (Phi) is 7.78. The van der Waals surface area contributed by atoms with Crippen LogP contribution in [0.15, 0.2) is 40.2 Å². The number of halogens is 1. The minimum absolute atomic E-state index is 0.180. The zero-order chi connectivity index (χ0) is 16.5. The van der Waals surface area contributed by atoms with Gasteiger partial charge in [-0.05, 0) is 25.0 Å². The molecule has 124 valence electrons. The highest BCUT2D eigenvalue weighted by Gasteiger charge is 2.08. The maximum absolute atomic E-state index is 12.1. The van der Waals surface area contributed by atoms with Gasteiger partial charge in [0.2, 0.25) is 0 Å². The molecule has 0 saturated carbocycles. The molecule has 5 nitrogen and oxygen atoms in total. The molecule has 0 fully saturated rings. The van der Waals surface area contributed by atoms with Crippen LogP contribution >= 0.6 is 27.7 Å². The maximum Gasteiger partial charge on any atom is 0.190 e. The summed E-state index contributed by atoms with van der Waals surface area (Å²) in [5, 5.41) is 8.98. The molecule has 0 aliphatic carbocycles. The molecular formula is C16H20BrN3O2S. The van der Waals surface area contributed by atoms with Crippen molar-refractivity contribution in [1.82, 2.24) is 14.8 Å². The molecule has 0 unspecified atom stereocenters. The second-order valence-corrected chi connectivity index (χ2v) is 7.01. The molecule has 0 bridgehead atoms. The monoisotopic (exact) mass is 397 g/mol. The number of hydrogen-bond donors (Lipinski definition) is 0. The Morgan fingerprint density at radius 3 is 2.83 bits per heavy atom. The van der Waals surface area contributed by atoms with Crippen LogP contribution in [0.25, 0.3) is 0 Å². The SMILES string of the molecule is COCCCn1cnnc1SCCCC(=O)c1ccc(Br)cc1. The smallest absolute Gasteiger partial charge is 0.190 e. The third-order valence-electron chi connectivity index (χ3n) is 3.27. The van der Waals surface area contributed by atoms with Crippen molar-refractivity contribution in [1.29, 1.82) is 0 Å². The van der Waals surface area contributed by atoms with Crippen molar-refractivity contribution in [3.8, 4) is 0 Å². The first kappa shape index (κ1) is 18.2. The molecule has 2 aromatic rings. The van der Waals surface area contributed by atoms with Gasteiger partial charge in [0, 0.05) is 42.5 Å². The van der Waals surface area contributed by atoms with E-state index in [1.807, 2.05) is 28.8 Å². The van der Waals surface area contributed by atoms with E-state index < -0.39 is 0 Å². The standard InChI is InChI=1S/C16H20BrN3O2S/c1-22-10-3-9-20-12-18-19-16(20)23-11-2-4-15(21)13-5-7-14(17)8-6-13/h5-8,12H,2-4,9-11H2,1H3. The molecule has 0 saturated heterocycles. The fourth-order valence-electron chi connectivity index (χ4n) is 2.07. The summed E-state index contributed by atoms with van der Waals surface area (Å²) in [5.41, 5.74) is 0.765. The number of aromatic nitrogens is 3. The number of ketones is 1. The summed E-state index contributed by atoms with van der Waals surface area (Å²) < 4.78 is 8.06. The maximum atomic E-state index is 12.1. The zero-order valence-electron chi connectivity index (χ0n) is 13.1. The van der Waals surface area contributed by atoms with Crippen molar-refractivity contribution in [2.45, 2.75) is 31.0 Å². The minimum Gasteiger partial charge on any atom is -0.385 e. The summed E-state index contributed by atoms with van der Waals surface area (Å²) in [5.74, 6) is 1.03. The zero-order valence-corrected chi connectivity index (χ0v) is 15.5. The van der Waals surface area contributed by atoms with E-state index in [0.29, 0.717) is 6.42 Å². The predicted molar refractivity (Wildman–Crippen MR) is 94.9 cm³/mol. The molecule has 0 N–H and O–H groups in total. The van der Waals surface area contributed by atoms with Gasteiger partial charge >= 0.3 is 0 Å². The Labute approximate surface area is 149 Å². The number of rotatable bonds is 10. The second kappa shape index (κ2) is 9.85. The van der Waals surface area contributed by atoms with Crippen molar-refractivity contribution in [2.75, 3.05) is 19.5 Å². The highest BCUT2D eigenvalue weighted by atomic mass is 79.9. The van der Waals surface area contributed by atoms with Crippen LogP contribution in [0.3, 0.4) is 0 Å². The van der Waals surface area contributed by atoms with Crippen LogP contribution in [0.2, 0.25) is 0 Å². The number of thioether (sulfide) groups is 1. The second-order valence-electron chi connectivity index (χ2n) is 5.04. The molecule has 7 heteroatoms. The molecule has 0 amide bonds. The van der Waals surface area contributed by atoms with Gasteiger partial charge in [0.15, 0.2) is 10.9 Å². The number of carbonyl (C=O) groups excluding carboxylic acids is 1. The molecule has 2 rings (SSSR count). The van der Waals surface area contributed by atoms with Crippen LogP contribution < -0.4 is 0 Å². The Bertz CT molecular complexity index is 616. The largest absolute Gasteiger partial charge is 0.385 e. The molecule has 1 heterocycles. The third-order valence-corrected chi connectivity index (χ3v) is 4.87. The molecule has 23 heavy (non-hydrogen) atoms. The van der Waals surface area contributed by atoms with Crippen LogP contribution in [0.5, 0.6) is 0 Å². The molecule has 1 aromatic carbocycles. The van der Waals surface area contributed by atoms with Gasteiger partial charge < -0.3 is 9.30 Å². The van der Waals surface area contributed by atoms with Gasteiger partial charge in [-0.2, -0.15) is 0 Å². The Morgan fingerprint density at radius 1 is 1.30 bits per heavy atom. The van der Waals surface area contributed by atoms with Crippen molar-refractivity contribution < 1.29 is 9.53 Å². The number of methoxy groups -OCH3 is 1. The summed E-state index contributed by atoms with van der Waals surface area (Å²) in [4.78, 5) is 12.1. The van der Waals surface area contributed by atoms with Gasteiger partial charge in [0.05, 0.1) is 0 Å². The lowest BCUT2D eigenvalue weighted by Crippen LogP contribution is -2.03. The number of hydrogen-bond acceptors (Lipinski definition) is 5. The van der Waals surface area contributed by atoms with Gasteiger partial charge in [-0.25, -0.2) is 0 Å². The topological polar surface area (TPSA) is 57.0 Å². The lowest BCUT2D eigenvalue weighted by molar-refractivity contribution is 0.0982. The Morgan fingerprint density at radius 2 is 2.09 bits per heavy atom. The summed E-state index contributed by atoms with van der Waals surface area (Å²) in [6.07, 6.45) is 4.05. The molecule has 0 aliphatic rings. The summed E-state index contributed by atoms with van der Waals surface area (Å²) in [7, 11) is 1.70. The first-order valence-corrected chi connectivity index (χ1v) is 9.27. The Hall–Kier alpha value is -1.18.